The lowest BCUT2D eigenvalue weighted by atomic mass is 10.2. The summed E-state index contributed by atoms with van der Waals surface area (Å²) in [6.07, 6.45) is -0.748. The van der Waals surface area contributed by atoms with Gasteiger partial charge in [-0.2, -0.15) is 0 Å². The number of hydrogen-bond donors (Lipinski definition) is 3. The summed E-state index contributed by atoms with van der Waals surface area (Å²) in [5.74, 6) is -0.851. The van der Waals surface area contributed by atoms with E-state index in [1.54, 1.807) is 0 Å². The number of nitrogens with one attached hydrogen (secondary N) is 1. The van der Waals surface area contributed by atoms with E-state index in [2.05, 4.69) is 10.3 Å². The zero-order valence-corrected chi connectivity index (χ0v) is 12.1. The number of carbonyl (C=O) groups excluding carboxylic acids is 1. The number of amides is 2. The molecule has 110 valence electrons. The van der Waals surface area contributed by atoms with Crippen molar-refractivity contribution in [2.24, 2.45) is 0 Å². The molecule has 1 aliphatic heterocycles. The van der Waals surface area contributed by atoms with Gasteiger partial charge in [-0.05, 0) is 5.92 Å². The van der Waals surface area contributed by atoms with E-state index in [4.69, 9.17) is 5.11 Å². The van der Waals surface area contributed by atoms with E-state index in [0.717, 1.165) is 10.6 Å². The van der Waals surface area contributed by atoms with Gasteiger partial charge >= 0.3 is 12.0 Å². The summed E-state index contributed by atoms with van der Waals surface area (Å²) < 4.78 is 0. The number of rotatable bonds is 3. The molecule has 3 N–H and O–H groups in total. The van der Waals surface area contributed by atoms with Gasteiger partial charge in [0.25, 0.3) is 0 Å². The van der Waals surface area contributed by atoms with E-state index < -0.39 is 24.1 Å². The number of urea groups is 1. The molecule has 0 spiro atoms. The average Bonchev–Trinajstić information content (AvgIpc) is 2.95. The van der Waals surface area contributed by atoms with Crippen molar-refractivity contribution < 1.29 is 19.8 Å². The molecule has 2 rings (SSSR count). The van der Waals surface area contributed by atoms with Crippen LogP contribution in [0.15, 0.2) is 5.38 Å². The summed E-state index contributed by atoms with van der Waals surface area (Å²) in [4.78, 5) is 28.5. The third-order valence-electron chi connectivity index (χ3n) is 3.15. The molecule has 0 aliphatic carbocycles. The fourth-order valence-corrected chi connectivity index (χ4v) is 2.91. The first-order chi connectivity index (χ1) is 9.38. The maximum Gasteiger partial charge on any atom is 0.326 e. The molecule has 1 aromatic rings. The number of β-amino-alcohol motifs (C(OH)–C–C–N with tert-alkyl or cyclic N) is 1. The molecule has 2 unspecified atom stereocenters. The summed E-state index contributed by atoms with van der Waals surface area (Å²) in [7, 11) is 0. The smallest absolute Gasteiger partial charge is 0.326 e. The van der Waals surface area contributed by atoms with Crippen molar-refractivity contribution in [2.45, 2.75) is 38.3 Å². The first-order valence-corrected chi connectivity index (χ1v) is 7.20. The van der Waals surface area contributed by atoms with Crippen molar-refractivity contribution in [3.8, 4) is 0 Å². The molecule has 2 atom stereocenters. The van der Waals surface area contributed by atoms with Crippen molar-refractivity contribution in [3.63, 3.8) is 0 Å². The van der Waals surface area contributed by atoms with E-state index in [1.807, 2.05) is 19.2 Å². The Bertz CT molecular complexity index is 517. The topological polar surface area (TPSA) is 103 Å². The fraction of sp³-hybridized carbons (Fsp3) is 0.583. The highest BCUT2D eigenvalue weighted by molar-refractivity contribution is 7.13. The molecule has 1 fully saturated rings. The number of nitrogens with zero attached hydrogens (tertiary/aromatic N) is 2. The summed E-state index contributed by atoms with van der Waals surface area (Å²) >= 11 is 1.30. The number of aromatic nitrogens is 1. The monoisotopic (exact) mass is 299 g/mol. The number of aliphatic carboxylic acids is 1. The number of hydrogen-bond acceptors (Lipinski definition) is 5. The van der Waals surface area contributed by atoms with Gasteiger partial charge in [-0.3, -0.25) is 5.32 Å². The Morgan fingerprint density at radius 2 is 2.25 bits per heavy atom. The molecule has 0 saturated carbocycles. The first kappa shape index (κ1) is 14.7. The van der Waals surface area contributed by atoms with Crippen molar-refractivity contribution >= 4 is 28.5 Å². The first-order valence-electron chi connectivity index (χ1n) is 6.32. The number of anilines is 1. The summed E-state index contributed by atoms with van der Waals surface area (Å²) in [6.45, 7) is 4.01. The quantitative estimate of drug-likeness (QED) is 0.781. The van der Waals surface area contributed by atoms with Gasteiger partial charge in [-0.25, -0.2) is 14.6 Å². The van der Waals surface area contributed by atoms with Crippen LogP contribution in [0.4, 0.5) is 9.93 Å². The van der Waals surface area contributed by atoms with Gasteiger partial charge in [-0.15, -0.1) is 11.3 Å². The van der Waals surface area contributed by atoms with Crippen LogP contribution in [0, 0.1) is 0 Å². The maximum atomic E-state index is 12.1. The van der Waals surface area contributed by atoms with Crippen LogP contribution >= 0.6 is 11.3 Å². The molecule has 2 amide bonds. The Kier molecular flexibility index (Phi) is 4.24. The van der Waals surface area contributed by atoms with Gasteiger partial charge in [0.1, 0.15) is 6.04 Å². The minimum absolute atomic E-state index is 0.0191. The number of thiazole rings is 1. The third kappa shape index (κ3) is 3.07. The van der Waals surface area contributed by atoms with Gasteiger partial charge in [0.05, 0.1) is 11.8 Å². The Balaban J connectivity index is 2.05. The van der Waals surface area contributed by atoms with Gasteiger partial charge < -0.3 is 15.1 Å². The number of carbonyl (C=O) groups is 2. The number of carboxylic acid groups (broad SMARTS) is 1. The second-order valence-corrected chi connectivity index (χ2v) is 5.92. The molecule has 7 nitrogen and oxygen atoms in total. The van der Waals surface area contributed by atoms with Crippen molar-refractivity contribution in [1.29, 1.82) is 0 Å². The van der Waals surface area contributed by atoms with Gasteiger partial charge in [-0.1, -0.05) is 13.8 Å². The van der Waals surface area contributed by atoms with Crippen LogP contribution in [0.1, 0.15) is 31.9 Å². The van der Waals surface area contributed by atoms with Crippen LogP contribution in [0.3, 0.4) is 0 Å². The van der Waals surface area contributed by atoms with Crippen LogP contribution in [0.5, 0.6) is 0 Å². The average molecular weight is 299 g/mol. The van der Waals surface area contributed by atoms with E-state index in [-0.39, 0.29) is 18.9 Å². The minimum Gasteiger partial charge on any atom is -0.480 e. The van der Waals surface area contributed by atoms with E-state index in [1.165, 1.54) is 11.3 Å². The van der Waals surface area contributed by atoms with Crippen molar-refractivity contribution in [1.82, 2.24) is 9.88 Å². The molecule has 0 bridgehead atoms. The van der Waals surface area contributed by atoms with Gasteiger partial charge in [0.2, 0.25) is 0 Å². The van der Waals surface area contributed by atoms with Gasteiger partial charge in [0.15, 0.2) is 5.13 Å². The lowest BCUT2D eigenvalue weighted by Gasteiger charge is -2.20. The third-order valence-corrected chi connectivity index (χ3v) is 3.93. The van der Waals surface area contributed by atoms with Crippen LogP contribution in [0.25, 0.3) is 0 Å². The normalized spacial score (nSPS) is 22.3. The van der Waals surface area contributed by atoms with E-state index >= 15 is 0 Å². The van der Waals surface area contributed by atoms with E-state index in [9.17, 15) is 14.7 Å². The Labute approximate surface area is 120 Å². The predicted molar refractivity (Wildman–Crippen MR) is 74.0 cm³/mol. The number of aliphatic hydroxyl groups excluding tert-OH is 1. The second kappa shape index (κ2) is 5.76. The van der Waals surface area contributed by atoms with Crippen molar-refractivity contribution in [2.75, 3.05) is 11.9 Å². The summed E-state index contributed by atoms with van der Waals surface area (Å²) in [5, 5.41) is 23.4. The zero-order chi connectivity index (χ0) is 14.9. The molecule has 1 aromatic heterocycles. The number of likely N-dealkylation sites (tertiary alicyclic amines) is 1. The fourth-order valence-electron chi connectivity index (χ4n) is 2.04. The Morgan fingerprint density at radius 3 is 2.80 bits per heavy atom. The predicted octanol–water partition coefficient (Wildman–Crippen LogP) is 1.32. The Hall–Kier alpha value is -1.67. The molecule has 1 aliphatic rings. The highest BCUT2D eigenvalue weighted by Crippen LogP contribution is 2.23. The molecular formula is C12H17N3O4S. The molecule has 0 radical (unpaired) electrons. The second-order valence-electron chi connectivity index (χ2n) is 5.06. The molecule has 1 saturated heterocycles. The Morgan fingerprint density at radius 1 is 1.55 bits per heavy atom. The molecule has 8 heteroatoms. The van der Waals surface area contributed by atoms with E-state index in [0.29, 0.717) is 5.13 Å². The maximum absolute atomic E-state index is 12.1. The molecular weight excluding hydrogens is 282 g/mol. The molecule has 0 aromatic carbocycles. The lowest BCUT2D eigenvalue weighted by Crippen LogP contribution is -2.43. The van der Waals surface area contributed by atoms with Crippen molar-refractivity contribution in [3.05, 3.63) is 11.1 Å². The van der Waals surface area contributed by atoms with Crippen LogP contribution in [0.2, 0.25) is 0 Å². The molecule has 2 heterocycles. The lowest BCUT2D eigenvalue weighted by molar-refractivity contribution is -0.141. The largest absolute Gasteiger partial charge is 0.480 e. The molecule has 20 heavy (non-hydrogen) atoms. The SMILES string of the molecule is CC(C)c1csc(NC(=O)N2CC(O)CC2C(=O)O)n1. The number of aliphatic hydroxyl groups is 1. The summed E-state index contributed by atoms with van der Waals surface area (Å²) in [6, 6.07) is -1.53. The highest BCUT2D eigenvalue weighted by Gasteiger charge is 2.39. The van der Waals surface area contributed by atoms with Crippen LogP contribution in [-0.4, -0.2) is 50.8 Å². The zero-order valence-electron chi connectivity index (χ0n) is 11.2. The minimum atomic E-state index is -1.11. The van der Waals surface area contributed by atoms with Crippen LogP contribution in [-0.2, 0) is 4.79 Å². The van der Waals surface area contributed by atoms with Gasteiger partial charge in [0, 0.05) is 18.3 Å². The highest BCUT2D eigenvalue weighted by atomic mass is 32.1. The number of carboxylic acids is 1. The summed E-state index contributed by atoms with van der Waals surface area (Å²) in [5.41, 5.74) is 0.876. The van der Waals surface area contributed by atoms with Crippen LogP contribution < -0.4 is 5.32 Å². The standard InChI is InChI=1S/C12H17N3O4S/c1-6(2)8-5-20-11(13-8)14-12(19)15-4-7(16)3-9(15)10(17)18/h5-7,9,16H,3-4H2,1-2H3,(H,17,18)(H,13,14,19).